The molecule has 1 aromatic rings. The molecule has 0 fully saturated rings. The lowest BCUT2D eigenvalue weighted by Crippen LogP contribution is -2.21. The normalized spacial score (nSPS) is 19.4. The zero-order chi connectivity index (χ0) is 27.0. The first-order valence-corrected chi connectivity index (χ1v) is 14.6. The van der Waals surface area contributed by atoms with Gasteiger partial charge in [0.1, 0.15) is 5.76 Å². The number of carbonyl (C=O) groups is 1. The van der Waals surface area contributed by atoms with Crippen LogP contribution in [0.4, 0.5) is 0 Å². The van der Waals surface area contributed by atoms with E-state index in [1.807, 2.05) is 35.3 Å². The van der Waals surface area contributed by atoms with Gasteiger partial charge in [-0.25, -0.2) is 0 Å². The lowest BCUT2D eigenvalue weighted by atomic mass is 9.85. The first-order chi connectivity index (χ1) is 16.5. The first kappa shape index (κ1) is 28.7. The van der Waals surface area contributed by atoms with E-state index in [2.05, 4.69) is 93.5 Å². The Morgan fingerprint density at radius 3 is 2.08 bits per heavy atom. The van der Waals surface area contributed by atoms with Gasteiger partial charge in [-0.05, 0) is 68.4 Å². The molecule has 1 N–H and O–H groups in total. The second-order valence-corrected chi connectivity index (χ2v) is 15.5. The smallest absolute Gasteiger partial charge is 0.218 e. The SMILES string of the molecule is CC(C)C1=CC(=CC2=C(O)C(=Cc3cc(CC(C)(C)C)[s+]c(C(C)C)c3)C2=O)C=C(CC(C)(C)C)S1. The van der Waals surface area contributed by atoms with Gasteiger partial charge in [-0.2, -0.15) is 0 Å². The summed E-state index contributed by atoms with van der Waals surface area (Å²) >= 11 is 3.69. The molecular weight excluding hydrogens is 480 g/mol. The monoisotopic (exact) mass is 523 g/mol. The van der Waals surface area contributed by atoms with Gasteiger partial charge in [0.2, 0.25) is 26.9 Å². The first-order valence-electron chi connectivity index (χ1n) is 13.0. The summed E-state index contributed by atoms with van der Waals surface area (Å²) in [4.78, 5) is 18.3. The number of rotatable bonds is 6. The number of ketones is 1. The number of aliphatic hydroxyl groups is 1. The van der Waals surface area contributed by atoms with E-state index in [1.165, 1.54) is 19.6 Å². The third-order valence-corrected chi connectivity index (χ3v) is 8.64. The number of carbonyl (C=O) groups excluding carboxylic acids is 1. The van der Waals surface area contributed by atoms with Crippen molar-refractivity contribution in [3.63, 3.8) is 0 Å². The quantitative estimate of drug-likeness (QED) is 0.298. The maximum atomic E-state index is 13.1. The fourth-order valence-corrected chi connectivity index (χ4v) is 7.07. The van der Waals surface area contributed by atoms with Crippen LogP contribution < -0.4 is 0 Å². The number of aliphatic hydroxyl groups excluding tert-OH is 1. The molecule has 36 heavy (non-hydrogen) atoms. The van der Waals surface area contributed by atoms with Crippen LogP contribution in [0.5, 0.6) is 0 Å². The van der Waals surface area contributed by atoms with Gasteiger partial charge in [-0.15, -0.1) is 0 Å². The summed E-state index contributed by atoms with van der Waals surface area (Å²) < 4.78 is 0. The Bertz CT molecular complexity index is 1190. The fraction of sp³-hybridized carbons (Fsp3) is 0.500. The topological polar surface area (TPSA) is 37.3 Å². The molecule has 0 bridgehead atoms. The van der Waals surface area contributed by atoms with E-state index >= 15 is 0 Å². The standard InChI is InChI=1S/C32H42O2S2/c1-19(2)27-15-21(11-23(35-27)17-31(5,6)7)13-25-29(33)26(30(25)34)14-22-12-24(18-32(8,9)10)36-28(16-22)20(3)4/h11-16,19-20H,17-18H2,1-10H3/p+1. The predicted octanol–water partition coefficient (Wildman–Crippen LogP) is 10.1. The van der Waals surface area contributed by atoms with Crippen LogP contribution in [-0.4, -0.2) is 10.9 Å². The van der Waals surface area contributed by atoms with Crippen LogP contribution in [0.3, 0.4) is 0 Å². The summed E-state index contributed by atoms with van der Waals surface area (Å²) in [5.41, 5.74) is 3.16. The minimum Gasteiger partial charge on any atom is -0.506 e. The van der Waals surface area contributed by atoms with Gasteiger partial charge >= 0.3 is 0 Å². The van der Waals surface area contributed by atoms with Crippen LogP contribution in [0.15, 0.2) is 62.6 Å². The second kappa shape index (κ2) is 10.8. The summed E-state index contributed by atoms with van der Waals surface area (Å²) in [6.45, 7) is 22.3. The maximum absolute atomic E-state index is 13.1. The van der Waals surface area contributed by atoms with Gasteiger partial charge < -0.3 is 5.11 Å². The zero-order valence-corrected chi connectivity index (χ0v) is 25.3. The van der Waals surface area contributed by atoms with Crippen molar-refractivity contribution in [2.75, 3.05) is 0 Å². The van der Waals surface area contributed by atoms with Crippen LogP contribution >= 0.6 is 23.1 Å². The summed E-state index contributed by atoms with van der Waals surface area (Å²) in [6, 6.07) is 4.33. The average molecular weight is 524 g/mol. The number of hydrogen-bond acceptors (Lipinski definition) is 3. The van der Waals surface area contributed by atoms with Gasteiger partial charge in [0.25, 0.3) is 0 Å². The number of Topliss-reactive ketones (excluding diaryl/α,β-unsaturated/α-hetero) is 1. The fourth-order valence-electron chi connectivity index (χ4n) is 4.20. The predicted molar refractivity (Wildman–Crippen MR) is 159 cm³/mol. The Labute approximate surface area is 227 Å². The third kappa shape index (κ3) is 7.55. The van der Waals surface area contributed by atoms with E-state index in [-0.39, 0.29) is 22.4 Å². The van der Waals surface area contributed by atoms with E-state index in [4.69, 9.17) is 0 Å². The highest BCUT2D eigenvalue weighted by molar-refractivity contribution is 8.06. The van der Waals surface area contributed by atoms with Crippen molar-refractivity contribution in [2.24, 2.45) is 16.7 Å². The van der Waals surface area contributed by atoms with Gasteiger partial charge in [0.15, 0.2) is 0 Å². The Hall–Kier alpha value is -1.91. The molecule has 194 valence electrons. The Morgan fingerprint density at radius 2 is 1.56 bits per heavy atom. The van der Waals surface area contributed by atoms with Crippen molar-refractivity contribution in [3.8, 4) is 0 Å². The average Bonchev–Trinajstić information content (AvgIpc) is 2.72. The molecule has 0 aromatic carbocycles. The molecule has 1 aliphatic carbocycles. The molecule has 2 aliphatic rings. The summed E-state index contributed by atoms with van der Waals surface area (Å²) in [6.07, 6.45) is 10.0. The molecule has 1 aromatic heterocycles. The van der Waals surface area contributed by atoms with Gasteiger partial charge in [-0.1, -0.05) is 81.0 Å². The highest BCUT2D eigenvalue weighted by Crippen LogP contribution is 2.43. The molecule has 0 saturated heterocycles. The molecule has 0 radical (unpaired) electrons. The molecule has 0 saturated carbocycles. The van der Waals surface area contributed by atoms with Crippen LogP contribution in [0.2, 0.25) is 0 Å². The highest BCUT2D eigenvalue weighted by atomic mass is 32.2. The molecule has 0 unspecified atom stereocenters. The summed E-state index contributed by atoms with van der Waals surface area (Å²) in [7, 11) is 0. The van der Waals surface area contributed by atoms with Crippen molar-refractivity contribution >= 4 is 35.0 Å². The summed E-state index contributed by atoms with van der Waals surface area (Å²) in [5.74, 6) is 0.842. The van der Waals surface area contributed by atoms with Crippen molar-refractivity contribution in [3.05, 3.63) is 78.0 Å². The molecule has 0 amide bonds. The van der Waals surface area contributed by atoms with Crippen molar-refractivity contribution < 1.29 is 9.90 Å². The zero-order valence-electron chi connectivity index (χ0n) is 23.7. The van der Waals surface area contributed by atoms with Crippen molar-refractivity contribution in [1.82, 2.24) is 0 Å². The summed E-state index contributed by atoms with van der Waals surface area (Å²) in [5, 5.41) is 10.9. The van der Waals surface area contributed by atoms with Crippen LogP contribution in [-0.2, 0) is 11.2 Å². The van der Waals surface area contributed by atoms with Gasteiger partial charge in [-0.3, -0.25) is 4.79 Å². The van der Waals surface area contributed by atoms with Crippen LogP contribution in [0.25, 0.3) is 6.08 Å². The van der Waals surface area contributed by atoms with Crippen LogP contribution in [0.1, 0.15) is 96.9 Å². The van der Waals surface area contributed by atoms with E-state index < -0.39 is 0 Å². The number of thioether (sulfide) groups is 1. The molecular formula is C32H43O2S2+. The highest BCUT2D eigenvalue weighted by Gasteiger charge is 2.33. The largest absolute Gasteiger partial charge is 0.506 e. The molecule has 0 spiro atoms. The molecule has 1 aliphatic heterocycles. The molecule has 2 heterocycles. The molecule has 2 nitrogen and oxygen atoms in total. The van der Waals surface area contributed by atoms with E-state index in [0.717, 1.165) is 24.0 Å². The Morgan fingerprint density at radius 1 is 0.917 bits per heavy atom. The second-order valence-electron chi connectivity index (χ2n) is 13.1. The molecule has 4 heteroatoms. The van der Waals surface area contributed by atoms with Gasteiger partial charge in [0, 0.05) is 24.5 Å². The number of hydrogen-bond donors (Lipinski definition) is 1. The lowest BCUT2D eigenvalue weighted by Gasteiger charge is -2.25. The minimum atomic E-state index is -0.0838. The van der Waals surface area contributed by atoms with Gasteiger partial charge in [0.05, 0.1) is 11.1 Å². The number of allylic oxidation sites excluding steroid dienone is 8. The van der Waals surface area contributed by atoms with Crippen LogP contribution in [0, 0.1) is 16.7 Å². The lowest BCUT2D eigenvalue weighted by molar-refractivity contribution is -0.113. The van der Waals surface area contributed by atoms with E-state index in [0.29, 0.717) is 23.0 Å². The maximum Gasteiger partial charge on any atom is 0.218 e. The Balaban J connectivity index is 1.97. The van der Waals surface area contributed by atoms with Crippen molar-refractivity contribution in [2.45, 2.75) is 88.0 Å². The van der Waals surface area contributed by atoms with E-state index in [9.17, 15) is 9.90 Å². The molecule has 0 atom stereocenters. The van der Waals surface area contributed by atoms with Crippen molar-refractivity contribution in [1.29, 1.82) is 0 Å². The molecule has 3 rings (SSSR count). The third-order valence-electron chi connectivity index (χ3n) is 5.94. The minimum absolute atomic E-state index is 0.0838. The van der Waals surface area contributed by atoms with E-state index in [1.54, 1.807) is 0 Å². The Kier molecular flexibility index (Phi) is 8.62.